The lowest BCUT2D eigenvalue weighted by molar-refractivity contribution is 0.368. The van der Waals surface area contributed by atoms with Crippen LogP contribution in [0.4, 0.5) is 0 Å². The van der Waals surface area contributed by atoms with Crippen molar-refractivity contribution in [1.29, 1.82) is 0 Å². The Labute approximate surface area is 427 Å². The molecule has 0 aliphatic heterocycles. The molecule has 0 nitrogen and oxygen atoms in total. The topological polar surface area (TPSA) is 0 Å². The van der Waals surface area contributed by atoms with Crippen molar-refractivity contribution in [3.05, 3.63) is 0 Å². The van der Waals surface area contributed by atoms with Crippen LogP contribution >= 0.6 is 0 Å². The van der Waals surface area contributed by atoms with Crippen LogP contribution in [-0.2, 0) is 0 Å². The minimum atomic E-state index is 0. The normalized spacial score (nSPS) is 11.5. The van der Waals surface area contributed by atoms with E-state index in [1.54, 1.807) is 0 Å². The third kappa shape index (κ3) is 87.1. The minimum absolute atomic E-state index is 0. The Morgan fingerprint density at radius 3 is 0.500 bits per heavy atom. The summed E-state index contributed by atoms with van der Waals surface area (Å²) in [5.41, 5.74) is 0. The summed E-state index contributed by atoms with van der Waals surface area (Å²) in [6, 6.07) is 0. The molecule has 0 heteroatoms. The second kappa shape index (κ2) is 81.9. The Balaban J connectivity index is -0.000000179. The summed E-state index contributed by atoms with van der Waals surface area (Å²) in [6.45, 7) is 27.4. The Bertz CT molecular complexity index is 639. The molecule has 0 saturated carbocycles. The van der Waals surface area contributed by atoms with Crippen LogP contribution in [0, 0.1) is 11.8 Å². The lowest BCUT2D eigenvalue weighted by Crippen LogP contribution is -2.01. The van der Waals surface area contributed by atoms with Crippen LogP contribution in [0.3, 0.4) is 0 Å². The second-order valence-corrected chi connectivity index (χ2v) is 21.1. The summed E-state index contributed by atoms with van der Waals surface area (Å²) < 4.78 is 0. The van der Waals surface area contributed by atoms with Crippen LogP contribution < -0.4 is 0 Å². The van der Waals surface area contributed by atoms with Gasteiger partial charge in [-0.05, 0) is 11.8 Å². The first-order valence-corrected chi connectivity index (χ1v) is 31.9. The number of rotatable bonds is 48. The number of unbranched alkanes of at least 4 members (excludes halogenated alkanes) is 37. The van der Waals surface area contributed by atoms with E-state index in [0.717, 1.165) is 11.8 Å². The van der Waals surface area contributed by atoms with Gasteiger partial charge in [-0.3, -0.25) is 0 Å². The molecule has 2 unspecified atom stereocenters. The van der Waals surface area contributed by atoms with E-state index in [9.17, 15) is 0 Å². The Morgan fingerprint density at radius 1 is 0.152 bits per heavy atom. The summed E-state index contributed by atoms with van der Waals surface area (Å²) >= 11 is 0. The molecule has 0 fully saturated rings. The van der Waals surface area contributed by atoms with Crippen molar-refractivity contribution in [1.82, 2.24) is 0 Å². The van der Waals surface area contributed by atoms with Gasteiger partial charge in [0.1, 0.15) is 0 Å². The van der Waals surface area contributed by atoms with Gasteiger partial charge in [0.25, 0.3) is 0 Å². The highest BCUT2D eigenvalue weighted by molar-refractivity contribution is 4.62. The fourth-order valence-corrected chi connectivity index (χ4v) is 9.16. The summed E-state index contributed by atoms with van der Waals surface area (Å²) in [6.07, 6.45) is 73.7. The third-order valence-electron chi connectivity index (χ3n) is 14.0. The van der Waals surface area contributed by atoms with E-state index in [1.165, 1.54) is 327 Å². The Hall–Kier alpha value is 0. The lowest BCUT2D eigenvalue weighted by Gasteiger charge is -2.17. The van der Waals surface area contributed by atoms with Gasteiger partial charge in [0.15, 0.2) is 0 Å². The molecule has 66 heavy (non-hydrogen) atoms. The Morgan fingerprint density at radius 2 is 0.303 bits per heavy atom. The smallest absolute Gasteiger partial charge is 0.0414 e. The van der Waals surface area contributed by atoms with Crippen molar-refractivity contribution in [2.75, 3.05) is 0 Å². The quantitative estimate of drug-likeness (QED) is 0.0533. The predicted octanol–water partition coefficient (Wildman–Crippen LogP) is 26.9. The highest BCUT2D eigenvalue weighted by Crippen LogP contribution is 2.24. The Kier molecular flexibility index (Phi) is 96.2. The first kappa shape index (κ1) is 77.5. The van der Waals surface area contributed by atoms with E-state index in [4.69, 9.17) is 0 Å². The van der Waals surface area contributed by atoms with Crippen molar-refractivity contribution in [2.24, 2.45) is 11.8 Å². The maximum absolute atomic E-state index is 2.33. The third-order valence-corrected chi connectivity index (χ3v) is 14.0. The molecule has 0 aromatic heterocycles. The maximum Gasteiger partial charge on any atom is -0.0414 e. The van der Waals surface area contributed by atoms with Crippen molar-refractivity contribution in [3.63, 3.8) is 0 Å². The van der Waals surface area contributed by atoms with Crippen LogP contribution in [0.25, 0.3) is 0 Å². The van der Waals surface area contributed by atoms with E-state index in [0.29, 0.717) is 0 Å². The SMILES string of the molecule is C.CCCCCC.CCCCCC(CC)CCC.CCCCCCCCC(CCCCC)CCCCCCC.CCCCCCCCCCC.CCCCCCCCCCCCCCCC. The zero-order valence-electron chi connectivity index (χ0n) is 49.2. The van der Waals surface area contributed by atoms with E-state index in [-0.39, 0.29) is 7.43 Å². The van der Waals surface area contributed by atoms with Crippen molar-refractivity contribution >= 4 is 0 Å². The standard InChI is InChI=1S/C21H44.C16H34.2C11H24.C6H14.CH4/c1-4-7-10-12-14-17-20-21(18-15-9-6-3)19-16-13-11-8-5-2;1-3-5-7-9-11-13-15-16-14-12-10-8-6-4-2;1-4-7-8-10-11(6-3)9-5-2;1-3-5-7-9-11-10-8-6-4-2;1-3-5-6-4-2;/h21H,4-20H2,1-3H3;3-16H2,1-2H3;11H,4-10H2,1-3H3;3-11H2,1-2H3;3-6H2,1-2H3;1H4. The highest BCUT2D eigenvalue weighted by atomic mass is 14.1. The van der Waals surface area contributed by atoms with Gasteiger partial charge in [0.05, 0.1) is 0 Å². The molecule has 0 bridgehead atoms. The molecule has 2 atom stereocenters. The van der Waals surface area contributed by atoms with Gasteiger partial charge < -0.3 is 0 Å². The number of hydrogen-bond donors (Lipinski definition) is 0. The summed E-state index contributed by atoms with van der Waals surface area (Å²) in [5.74, 6) is 2.07. The van der Waals surface area contributed by atoms with Gasteiger partial charge >= 0.3 is 0 Å². The molecule has 0 aliphatic rings. The van der Waals surface area contributed by atoms with Gasteiger partial charge in [-0.1, -0.05) is 418 Å². The monoisotopic (exact) mass is 937 g/mol. The van der Waals surface area contributed by atoms with E-state index in [1.807, 2.05) is 0 Å². The van der Waals surface area contributed by atoms with Crippen molar-refractivity contribution < 1.29 is 0 Å². The number of hydrogen-bond acceptors (Lipinski definition) is 0. The first-order chi connectivity index (χ1) is 31.9. The molecule has 0 heterocycles. The molecular formula is C66H144. The van der Waals surface area contributed by atoms with Gasteiger partial charge in [-0.2, -0.15) is 0 Å². The summed E-state index contributed by atoms with van der Waals surface area (Å²) in [5, 5.41) is 0. The highest BCUT2D eigenvalue weighted by Gasteiger charge is 2.08. The zero-order chi connectivity index (χ0) is 49.2. The minimum Gasteiger partial charge on any atom is -0.0776 e. The second-order valence-electron chi connectivity index (χ2n) is 21.1. The molecule has 0 aliphatic carbocycles. The van der Waals surface area contributed by atoms with Crippen LogP contribution in [0.15, 0.2) is 0 Å². The molecule has 0 saturated heterocycles. The maximum atomic E-state index is 2.33. The molecule has 0 amide bonds. The summed E-state index contributed by atoms with van der Waals surface area (Å²) in [7, 11) is 0. The molecule has 0 aromatic carbocycles. The van der Waals surface area contributed by atoms with E-state index in [2.05, 4.69) is 83.1 Å². The molecule has 408 valence electrons. The average molecular weight is 938 g/mol. The van der Waals surface area contributed by atoms with Crippen LogP contribution in [0.2, 0.25) is 0 Å². The van der Waals surface area contributed by atoms with E-state index >= 15 is 0 Å². The van der Waals surface area contributed by atoms with Gasteiger partial charge in [-0.15, -0.1) is 0 Å². The molecule has 0 rings (SSSR count). The first-order valence-electron chi connectivity index (χ1n) is 31.9. The fraction of sp³-hybridized carbons (Fsp3) is 1.00. The molecular weight excluding hydrogens is 793 g/mol. The molecule has 0 aromatic rings. The van der Waals surface area contributed by atoms with Crippen LogP contribution in [0.5, 0.6) is 0 Å². The van der Waals surface area contributed by atoms with Gasteiger partial charge in [-0.25, -0.2) is 0 Å². The van der Waals surface area contributed by atoms with Crippen molar-refractivity contribution in [3.8, 4) is 0 Å². The molecule has 0 radical (unpaired) electrons. The fourth-order valence-electron chi connectivity index (χ4n) is 9.16. The lowest BCUT2D eigenvalue weighted by atomic mass is 9.89. The zero-order valence-corrected chi connectivity index (χ0v) is 49.2. The average Bonchev–Trinajstić information content (AvgIpc) is 3.32. The van der Waals surface area contributed by atoms with Crippen molar-refractivity contribution in [2.45, 2.75) is 418 Å². The predicted molar refractivity (Wildman–Crippen MR) is 317 cm³/mol. The summed E-state index contributed by atoms with van der Waals surface area (Å²) in [4.78, 5) is 0. The molecule has 0 spiro atoms. The largest absolute Gasteiger partial charge is 0.0776 e. The van der Waals surface area contributed by atoms with Crippen LogP contribution in [0.1, 0.15) is 418 Å². The molecule has 0 N–H and O–H groups in total. The van der Waals surface area contributed by atoms with E-state index < -0.39 is 0 Å². The van der Waals surface area contributed by atoms with Gasteiger partial charge in [0, 0.05) is 0 Å². The van der Waals surface area contributed by atoms with Gasteiger partial charge in [0.2, 0.25) is 0 Å². The van der Waals surface area contributed by atoms with Crippen LogP contribution in [-0.4, -0.2) is 0 Å².